The van der Waals surface area contributed by atoms with Crippen molar-refractivity contribution in [2.45, 2.75) is 13.5 Å². The number of hydrogen-bond donors (Lipinski definition) is 2. The summed E-state index contributed by atoms with van der Waals surface area (Å²) in [6.07, 6.45) is 0. The van der Waals surface area contributed by atoms with Crippen LogP contribution in [0.5, 0.6) is 5.75 Å². The minimum absolute atomic E-state index is 0.116. The van der Waals surface area contributed by atoms with Gasteiger partial charge in [-0.2, -0.15) is 0 Å². The molecule has 0 atom stereocenters. The normalized spacial score (nSPS) is 10.8. The molecule has 3 rings (SSSR count). The maximum atomic E-state index is 9.58. The number of anilines is 1. The zero-order valence-corrected chi connectivity index (χ0v) is 15.8. The topological polar surface area (TPSA) is 45.4 Å². The average molecular weight is 427 g/mol. The van der Waals surface area contributed by atoms with Crippen LogP contribution in [0, 0.1) is 6.92 Å². The van der Waals surface area contributed by atoms with E-state index in [1.807, 2.05) is 31.2 Å². The van der Waals surface area contributed by atoms with E-state index in [0.29, 0.717) is 12.2 Å². The first-order chi connectivity index (χ1) is 11.4. The van der Waals surface area contributed by atoms with Crippen molar-refractivity contribution in [2.24, 2.45) is 0 Å². The molecule has 0 fully saturated rings. The van der Waals surface area contributed by atoms with Crippen molar-refractivity contribution in [3.8, 4) is 17.1 Å². The van der Waals surface area contributed by atoms with Crippen LogP contribution in [0.1, 0.15) is 11.3 Å². The number of halogens is 3. The average Bonchev–Trinajstić information content (AvgIpc) is 2.99. The molecule has 1 heterocycles. The molecule has 0 aliphatic heterocycles. The fraction of sp³-hybridized carbons (Fsp3) is 0.111. The van der Waals surface area contributed by atoms with Crippen molar-refractivity contribution in [3.05, 3.63) is 68.3 Å². The van der Waals surface area contributed by atoms with Gasteiger partial charge in [-0.1, -0.05) is 39.1 Å². The first-order valence-electron chi connectivity index (χ1n) is 7.21. The van der Waals surface area contributed by atoms with Gasteiger partial charge in [0.05, 0.1) is 16.6 Å². The molecule has 3 nitrogen and oxygen atoms in total. The van der Waals surface area contributed by atoms with Crippen molar-refractivity contribution in [2.75, 3.05) is 5.32 Å². The largest absolute Gasteiger partial charge is 0.505 e. The van der Waals surface area contributed by atoms with Crippen molar-refractivity contribution in [1.29, 1.82) is 0 Å². The van der Waals surface area contributed by atoms with Crippen molar-refractivity contribution in [1.82, 2.24) is 0 Å². The molecule has 0 aliphatic carbocycles. The van der Waals surface area contributed by atoms with Gasteiger partial charge in [0.2, 0.25) is 0 Å². The summed E-state index contributed by atoms with van der Waals surface area (Å²) < 4.78 is 6.94. The molecule has 0 spiro atoms. The number of phenolic OH excluding ortho intramolecular Hbond substituents is 1. The van der Waals surface area contributed by atoms with E-state index in [9.17, 15) is 5.11 Å². The van der Waals surface area contributed by atoms with Gasteiger partial charge in [-0.25, -0.2) is 0 Å². The van der Waals surface area contributed by atoms with E-state index < -0.39 is 0 Å². The number of rotatable bonds is 4. The SMILES string of the molecule is Cc1cc(Br)ccc1-c1ccc(CNc2cc(Cl)c(O)c(Cl)c2)o1. The van der Waals surface area contributed by atoms with E-state index in [2.05, 4.69) is 27.3 Å². The Morgan fingerprint density at radius 3 is 2.46 bits per heavy atom. The molecule has 1 aromatic heterocycles. The van der Waals surface area contributed by atoms with Crippen LogP contribution in [0.25, 0.3) is 11.3 Å². The first kappa shape index (κ1) is 17.2. The highest BCUT2D eigenvalue weighted by molar-refractivity contribution is 9.10. The Labute approximate surface area is 158 Å². The third-order valence-electron chi connectivity index (χ3n) is 3.60. The molecule has 6 heteroatoms. The lowest BCUT2D eigenvalue weighted by atomic mass is 10.1. The van der Waals surface area contributed by atoms with Gasteiger partial charge < -0.3 is 14.8 Å². The second kappa shape index (κ2) is 7.09. The predicted molar refractivity (Wildman–Crippen MR) is 102 cm³/mol. The molecular weight excluding hydrogens is 413 g/mol. The summed E-state index contributed by atoms with van der Waals surface area (Å²) in [5, 5.41) is 13.2. The summed E-state index contributed by atoms with van der Waals surface area (Å²) in [5.74, 6) is 1.49. The summed E-state index contributed by atoms with van der Waals surface area (Å²) in [5.41, 5.74) is 2.90. The molecule has 0 saturated carbocycles. The highest BCUT2D eigenvalue weighted by atomic mass is 79.9. The molecule has 0 radical (unpaired) electrons. The molecular formula is C18H14BrCl2NO2. The van der Waals surface area contributed by atoms with E-state index in [4.69, 9.17) is 27.6 Å². The number of benzene rings is 2. The maximum Gasteiger partial charge on any atom is 0.152 e. The Balaban J connectivity index is 1.75. The third kappa shape index (κ3) is 3.72. The van der Waals surface area contributed by atoms with Gasteiger partial charge in [-0.15, -0.1) is 0 Å². The predicted octanol–water partition coefficient (Wildman–Crippen LogP) is 6.64. The van der Waals surface area contributed by atoms with E-state index in [1.165, 1.54) is 0 Å². The quantitative estimate of drug-likeness (QED) is 0.459. The zero-order valence-electron chi connectivity index (χ0n) is 12.7. The lowest BCUT2D eigenvalue weighted by molar-refractivity contribution is 0.476. The van der Waals surface area contributed by atoms with E-state index in [-0.39, 0.29) is 15.8 Å². The van der Waals surface area contributed by atoms with Crippen LogP contribution in [0.3, 0.4) is 0 Å². The van der Waals surface area contributed by atoms with E-state index in [1.54, 1.807) is 12.1 Å². The molecule has 0 aliphatic rings. The highest BCUT2D eigenvalue weighted by Crippen LogP contribution is 2.35. The number of hydrogen-bond acceptors (Lipinski definition) is 3. The molecule has 124 valence electrons. The molecule has 24 heavy (non-hydrogen) atoms. The van der Waals surface area contributed by atoms with E-state index >= 15 is 0 Å². The van der Waals surface area contributed by atoms with Crippen LogP contribution >= 0.6 is 39.1 Å². The lowest BCUT2D eigenvalue weighted by Gasteiger charge is -2.08. The lowest BCUT2D eigenvalue weighted by Crippen LogP contribution is -1.98. The first-order valence-corrected chi connectivity index (χ1v) is 8.76. The fourth-order valence-electron chi connectivity index (χ4n) is 2.38. The Kier molecular flexibility index (Phi) is 5.09. The van der Waals surface area contributed by atoms with Gasteiger partial charge in [0, 0.05) is 15.7 Å². The van der Waals surface area contributed by atoms with Crippen LogP contribution in [-0.2, 0) is 6.54 Å². The van der Waals surface area contributed by atoms with Gasteiger partial charge in [0.15, 0.2) is 5.75 Å². The number of furan rings is 1. The number of aryl methyl sites for hydroxylation is 1. The highest BCUT2D eigenvalue weighted by Gasteiger charge is 2.09. The van der Waals surface area contributed by atoms with Crippen LogP contribution < -0.4 is 5.32 Å². The smallest absolute Gasteiger partial charge is 0.152 e. The Hall–Kier alpha value is -1.62. The van der Waals surface area contributed by atoms with Crippen LogP contribution in [0.2, 0.25) is 10.0 Å². The molecule has 3 aromatic rings. The van der Waals surface area contributed by atoms with Gasteiger partial charge in [-0.05, 0) is 55.0 Å². The zero-order chi connectivity index (χ0) is 17.3. The minimum atomic E-state index is -0.116. The van der Waals surface area contributed by atoms with Crippen molar-refractivity contribution in [3.63, 3.8) is 0 Å². The molecule has 0 saturated heterocycles. The Morgan fingerprint density at radius 2 is 1.79 bits per heavy atom. The molecule has 0 amide bonds. The number of aromatic hydroxyl groups is 1. The summed E-state index contributed by atoms with van der Waals surface area (Å²) in [7, 11) is 0. The summed E-state index contributed by atoms with van der Waals surface area (Å²) >= 11 is 15.3. The second-order valence-electron chi connectivity index (χ2n) is 5.37. The number of nitrogens with one attached hydrogen (secondary N) is 1. The fourth-order valence-corrected chi connectivity index (χ4v) is 3.34. The van der Waals surface area contributed by atoms with Gasteiger partial charge in [0.1, 0.15) is 11.5 Å². The Bertz CT molecular complexity index is 869. The van der Waals surface area contributed by atoms with E-state index in [0.717, 1.165) is 27.1 Å². The maximum absolute atomic E-state index is 9.58. The van der Waals surface area contributed by atoms with Crippen molar-refractivity contribution >= 4 is 44.8 Å². The summed E-state index contributed by atoms with van der Waals surface area (Å²) in [6, 6.07) is 13.2. The van der Waals surface area contributed by atoms with Gasteiger partial charge in [0.25, 0.3) is 0 Å². The van der Waals surface area contributed by atoms with Crippen molar-refractivity contribution < 1.29 is 9.52 Å². The minimum Gasteiger partial charge on any atom is -0.505 e. The second-order valence-corrected chi connectivity index (χ2v) is 7.10. The third-order valence-corrected chi connectivity index (χ3v) is 4.67. The van der Waals surface area contributed by atoms with Gasteiger partial charge >= 0.3 is 0 Å². The summed E-state index contributed by atoms with van der Waals surface area (Å²) in [4.78, 5) is 0. The Morgan fingerprint density at radius 1 is 1.08 bits per heavy atom. The summed E-state index contributed by atoms with van der Waals surface area (Å²) in [6.45, 7) is 2.52. The van der Waals surface area contributed by atoms with Gasteiger partial charge in [-0.3, -0.25) is 0 Å². The number of phenols is 1. The standard InChI is InChI=1S/C18H14BrCl2NO2/c1-10-6-11(19)2-4-14(10)17-5-3-13(24-17)9-22-12-7-15(20)18(23)16(21)8-12/h2-8,22-23H,9H2,1H3. The van der Waals surface area contributed by atoms with Crippen LogP contribution in [0.15, 0.2) is 51.4 Å². The molecule has 0 unspecified atom stereocenters. The monoisotopic (exact) mass is 425 g/mol. The van der Waals surface area contributed by atoms with Crippen LogP contribution in [-0.4, -0.2) is 5.11 Å². The molecule has 0 bridgehead atoms. The van der Waals surface area contributed by atoms with Crippen LogP contribution in [0.4, 0.5) is 5.69 Å². The molecule has 2 aromatic carbocycles. The molecule has 2 N–H and O–H groups in total.